The number of carbonyl (C=O) groups is 2. The van der Waals surface area contributed by atoms with Gasteiger partial charge in [-0.1, -0.05) is 39.0 Å². The third kappa shape index (κ3) is 5.08. The van der Waals surface area contributed by atoms with Crippen LogP contribution in [0.15, 0.2) is 42.5 Å². The summed E-state index contributed by atoms with van der Waals surface area (Å²) in [6, 6.07) is 12.6. The Morgan fingerprint density at radius 2 is 1.68 bits per heavy atom. The van der Waals surface area contributed by atoms with Crippen LogP contribution in [0.3, 0.4) is 0 Å². The Bertz CT molecular complexity index is 775. The number of rotatable bonds is 5. The lowest BCUT2D eigenvalue weighted by Crippen LogP contribution is -2.27. The molecule has 0 bridgehead atoms. The lowest BCUT2D eigenvalue weighted by atomic mass is 9.95. The second kappa shape index (κ2) is 7.38. The Hall–Kier alpha value is -2.82. The van der Waals surface area contributed by atoms with Crippen LogP contribution in [0.1, 0.15) is 42.3 Å². The Kier molecular flexibility index (Phi) is 5.47. The zero-order chi connectivity index (χ0) is 18.6. The molecule has 2 aromatic carbocycles. The van der Waals surface area contributed by atoms with Crippen molar-refractivity contribution in [3.63, 3.8) is 0 Å². The van der Waals surface area contributed by atoms with Gasteiger partial charge in [0.2, 0.25) is 5.91 Å². The number of aryl methyl sites for hydroxylation is 1. The number of hydrogen-bond donors (Lipinski definition) is 3. The maximum atomic E-state index is 12.2. The highest BCUT2D eigenvalue weighted by molar-refractivity contribution is 5.95. The van der Waals surface area contributed by atoms with Crippen LogP contribution in [0, 0.1) is 12.3 Å². The molecule has 0 aliphatic rings. The van der Waals surface area contributed by atoms with Gasteiger partial charge in [-0.05, 0) is 42.3 Å². The van der Waals surface area contributed by atoms with E-state index in [-0.39, 0.29) is 11.5 Å². The number of carboxylic acid groups (broad SMARTS) is 1. The first kappa shape index (κ1) is 18.5. The number of benzene rings is 2. The van der Waals surface area contributed by atoms with Crippen LogP contribution in [0.5, 0.6) is 0 Å². The number of nitrogens with one attached hydrogen (secondary N) is 2. The molecule has 0 heterocycles. The highest BCUT2D eigenvalue weighted by Gasteiger charge is 2.21. The molecule has 3 N–H and O–H groups in total. The maximum Gasteiger partial charge on any atom is 0.335 e. The molecule has 0 fully saturated rings. The highest BCUT2D eigenvalue weighted by Crippen LogP contribution is 2.24. The van der Waals surface area contributed by atoms with E-state index in [1.807, 2.05) is 45.9 Å². The minimum atomic E-state index is -0.933. The van der Waals surface area contributed by atoms with E-state index in [2.05, 4.69) is 10.6 Å². The SMILES string of the molecule is Cc1ccc(NCc2ccc(C(=O)O)cc2)cc1NC(=O)C(C)(C)C. The summed E-state index contributed by atoms with van der Waals surface area (Å²) < 4.78 is 0. The summed E-state index contributed by atoms with van der Waals surface area (Å²) in [5.41, 5.74) is 3.45. The van der Waals surface area contributed by atoms with Crippen molar-refractivity contribution in [2.75, 3.05) is 10.6 Å². The van der Waals surface area contributed by atoms with Gasteiger partial charge in [0.15, 0.2) is 0 Å². The molecule has 2 rings (SSSR count). The first-order chi connectivity index (χ1) is 11.7. The first-order valence-corrected chi connectivity index (χ1v) is 8.15. The zero-order valence-corrected chi connectivity index (χ0v) is 15.0. The van der Waals surface area contributed by atoms with E-state index >= 15 is 0 Å². The summed E-state index contributed by atoms with van der Waals surface area (Å²) in [5.74, 6) is -0.964. The van der Waals surface area contributed by atoms with Gasteiger partial charge in [0.05, 0.1) is 5.56 Å². The molecule has 132 valence electrons. The maximum absolute atomic E-state index is 12.2. The molecule has 0 spiro atoms. The topological polar surface area (TPSA) is 78.4 Å². The average Bonchev–Trinajstić information content (AvgIpc) is 2.55. The summed E-state index contributed by atoms with van der Waals surface area (Å²) in [6.45, 7) is 8.14. The minimum absolute atomic E-state index is 0.0305. The molecule has 1 amide bonds. The molecule has 0 aliphatic carbocycles. The average molecular weight is 340 g/mol. The smallest absolute Gasteiger partial charge is 0.335 e. The number of aromatic carboxylic acids is 1. The van der Waals surface area contributed by atoms with Crippen molar-refractivity contribution >= 4 is 23.3 Å². The molecule has 2 aromatic rings. The number of hydrogen-bond acceptors (Lipinski definition) is 3. The summed E-state index contributed by atoms with van der Waals surface area (Å²) >= 11 is 0. The van der Waals surface area contributed by atoms with E-state index in [1.165, 1.54) is 0 Å². The predicted molar refractivity (Wildman–Crippen MR) is 100.0 cm³/mol. The van der Waals surface area contributed by atoms with Gasteiger partial charge in [0, 0.05) is 23.3 Å². The highest BCUT2D eigenvalue weighted by atomic mass is 16.4. The van der Waals surface area contributed by atoms with E-state index < -0.39 is 11.4 Å². The summed E-state index contributed by atoms with van der Waals surface area (Å²) in [4.78, 5) is 23.1. The second-order valence-corrected chi connectivity index (χ2v) is 7.09. The van der Waals surface area contributed by atoms with E-state index in [0.29, 0.717) is 6.54 Å². The lowest BCUT2D eigenvalue weighted by molar-refractivity contribution is -0.123. The van der Waals surface area contributed by atoms with Crippen LogP contribution in [-0.2, 0) is 11.3 Å². The zero-order valence-electron chi connectivity index (χ0n) is 15.0. The number of anilines is 2. The molecular formula is C20H24N2O3. The van der Waals surface area contributed by atoms with Gasteiger partial charge in [-0.2, -0.15) is 0 Å². The van der Waals surface area contributed by atoms with E-state index in [1.54, 1.807) is 24.3 Å². The largest absolute Gasteiger partial charge is 0.478 e. The van der Waals surface area contributed by atoms with Crippen molar-refractivity contribution in [3.8, 4) is 0 Å². The quantitative estimate of drug-likeness (QED) is 0.759. The van der Waals surface area contributed by atoms with Crippen molar-refractivity contribution in [1.29, 1.82) is 0 Å². The number of carboxylic acids is 1. The molecule has 0 atom stereocenters. The number of amides is 1. The summed E-state index contributed by atoms with van der Waals surface area (Å²) in [5, 5.41) is 15.2. The monoisotopic (exact) mass is 340 g/mol. The van der Waals surface area contributed by atoms with Gasteiger partial charge < -0.3 is 15.7 Å². The van der Waals surface area contributed by atoms with Gasteiger partial charge >= 0.3 is 5.97 Å². The molecule has 5 heteroatoms. The van der Waals surface area contributed by atoms with E-state index in [9.17, 15) is 9.59 Å². The normalized spacial score (nSPS) is 11.0. The van der Waals surface area contributed by atoms with Crippen molar-refractivity contribution in [1.82, 2.24) is 0 Å². The van der Waals surface area contributed by atoms with Crippen molar-refractivity contribution in [3.05, 3.63) is 59.2 Å². The molecule has 0 saturated carbocycles. The van der Waals surface area contributed by atoms with E-state index in [4.69, 9.17) is 5.11 Å². The molecule has 0 aliphatic heterocycles. The van der Waals surface area contributed by atoms with Crippen LogP contribution < -0.4 is 10.6 Å². The fourth-order valence-corrected chi connectivity index (χ4v) is 2.15. The van der Waals surface area contributed by atoms with E-state index in [0.717, 1.165) is 22.5 Å². The van der Waals surface area contributed by atoms with Crippen LogP contribution in [0.2, 0.25) is 0 Å². The van der Waals surface area contributed by atoms with Gasteiger partial charge in [-0.25, -0.2) is 4.79 Å². The molecule has 5 nitrogen and oxygen atoms in total. The standard InChI is InChI=1S/C20H24N2O3/c1-13-5-10-16(11-17(13)22-19(25)20(2,3)4)21-12-14-6-8-15(9-7-14)18(23)24/h5-11,21H,12H2,1-4H3,(H,22,25)(H,23,24). The molecular weight excluding hydrogens is 316 g/mol. The first-order valence-electron chi connectivity index (χ1n) is 8.15. The molecule has 25 heavy (non-hydrogen) atoms. The summed E-state index contributed by atoms with van der Waals surface area (Å²) in [6.07, 6.45) is 0. The minimum Gasteiger partial charge on any atom is -0.478 e. The molecule has 0 saturated heterocycles. The van der Waals surface area contributed by atoms with Crippen LogP contribution in [0.4, 0.5) is 11.4 Å². The second-order valence-electron chi connectivity index (χ2n) is 7.09. The fraction of sp³-hybridized carbons (Fsp3) is 0.300. The summed E-state index contributed by atoms with van der Waals surface area (Å²) in [7, 11) is 0. The van der Waals surface area contributed by atoms with Crippen LogP contribution in [-0.4, -0.2) is 17.0 Å². The molecule has 0 unspecified atom stereocenters. The molecule has 0 radical (unpaired) electrons. The van der Waals surface area contributed by atoms with Crippen LogP contribution in [0.25, 0.3) is 0 Å². The Labute approximate surface area is 148 Å². The predicted octanol–water partition coefficient (Wildman–Crippen LogP) is 4.29. The fourth-order valence-electron chi connectivity index (χ4n) is 2.15. The van der Waals surface area contributed by atoms with Crippen molar-refractivity contribution < 1.29 is 14.7 Å². The Balaban J connectivity index is 2.06. The Morgan fingerprint density at radius 1 is 1.04 bits per heavy atom. The van der Waals surface area contributed by atoms with Crippen LogP contribution >= 0.6 is 0 Å². The number of carbonyl (C=O) groups excluding carboxylic acids is 1. The third-order valence-corrected chi connectivity index (χ3v) is 3.86. The third-order valence-electron chi connectivity index (χ3n) is 3.86. The Morgan fingerprint density at radius 3 is 2.24 bits per heavy atom. The lowest BCUT2D eigenvalue weighted by Gasteiger charge is -2.19. The van der Waals surface area contributed by atoms with Crippen molar-refractivity contribution in [2.24, 2.45) is 5.41 Å². The van der Waals surface area contributed by atoms with Gasteiger partial charge in [0.25, 0.3) is 0 Å². The van der Waals surface area contributed by atoms with Gasteiger partial charge in [-0.3, -0.25) is 4.79 Å². The van der Waals surface area contributed by atoms with Crippen molar-refractivity contribution in [2.45, 2.75) is 34.2 Å². The van der Waals surface area contributed by atoms with Gasteiger partial charge in [0.1, 0.15) is 0 Å². The molecule has 0 aromatic heterocycles. The van der Waals surface area contributed by atoms with Gasteiger partial charge in [-0.15, -0.1) is 0 Å².